The number of hydrogen-bond acceptors (Lipinski definition) is 4. The molecular weight excluding hydrogens is 487 g/mol. The van der Waals surface area contributed by atoms with Crippen LogP contribution in [0.5, 0.6) is 11.5 Å². The standard InChI is InChI=1S/C17H16BrIN2O3/c1-11(12-4-3-5-13(18)8-12)20-21-17(22)10-24-16-7-6-14(23-2)9-15(16)19/h3-9H,10H2,1-2H3,(H,21,22)/b20-11-. The fourth-order valence-corrected chi connectivity index (χ4v) is 2.87. The van der Waals surface area contributed by atoms with Gasteiger partial charge in [0.2, 0.25) is 0 Å². The van der Waals surface area contributed by atoms with E-state index in [2.05, 4.69) is 49.0 Å². The van der Waals surface area contributed by atoms with Gasteiger partial charge in [0.15, 0.2) is 6.61 Å². The van der Waals surface area contributed by atoms with Crippen molar-refractivity contribution in [2.24, 2.45) is 5.10 Å². The van der Waals surface area contributed by atoms with E-state index < -0.39 is 0 Å². The number of nitrogens with one attached hydrogen (secondary N) is 1. The topological polar surface area (TPSA) is 59.9 Å². The minimum Gasteiger partial charge on any atom is -0.497 e. The van der Waals surface area contributed by atoms with Crippen LogP contribution in [0.2, 0.25) is 0 Å². The Labute approximate surface area is 162 Å². The summed E-state index contributed by atoms with van der Waals surface area (Å²) in [6, 6.07) is 13.1. The van der Waals surface area contributed by atoms with Crippen molar-refractivity contribution < 1.29 is 14.3 Å². The normalized spacial score (nSPS) is 11.1. The van der Waals surface area contributed by atoms with Gasteiger partial charge in [-0.1, -0.05) is 28.1 Å². The Balaban J connectivity index is 1.90. The highest BCUT2D eigenvalue weighted by atomic mass is 127. The Morgan fingerprint density at radius 3 is 2.75 bits per heavy atom. The van der Waals surface area contributed by atoms with Crippen LogP contribution in [0.25, 0.3) is 0 Å². The van der Waals surface area contributed by atoms with Crippen LogP contribution in [-0.2, 0) is 4.79 Å². The van der Waals surface area contributed by atoms with Crippen LogP contribution in [0.4, 0.5) is 0 Å². The summed E-state index contributed by atoms with van der Waals surface area (Å²) < 4.78 is 12.5. The average molecular weight is 503 g/mol. The summed E-state index contributed by atoms with van der Waals surface area (Å²) in [5, 5.41) is 4.09. The third-order valence-electron chi connectivity index (χ3n) is 3.09. The zero-order valence-electron chi connectivity index (χ0n) is 13.2. The highest BCUT2D eigenvalue weighted by Crippen LogP contribution is 2.25. The number of rotatable bonds is 6. The minimum absolute atomic E-state index is 0.113. The molecule has 0 aliphatic heterocycles. The second kappa shape index (κ2) is 9.03. The second-order valence-corrected chi connectivity index (χ2v) is 6.91. The summed E-state index contributed by atoms with van der Waals surface area (Å²) in [4.78, 5) is 11.9. The summed E-state index contributed by atoms with van der Waals surface area (Å²) in [7, 11) is 1.60. The number of ether oxygens (including phenoxy) is 2. The number of halogens is 2. The largest absolute Gasteiger partial charge is 0.497 e. The molecule has 2 aromatic carbocycles. The van der Waals surface area contributed by atoms with Crippen molar-refractivity contribution in [3.8, 4) is 11.5 Å². The van der Waals surface area contributed by atoms with Crippen molar-refractivity contribution in [3.63, 3.8) is 0 Å². The highest BCUT2D eigenvalue weighted by molar-refractivity contribution is 14.1. The van der Waals surface area contributed by atoms with E-state index in [0.29, 0.717) is 11.5 Å². The molecular formula is C17H16BrIN2O3. The highest BCUT2D eigenvalue weighted by Gasteiger charge is 2.07. The number of carbonyl (C=O) groups is 1. The number of hydrazone groups is 1. The molecule has 2 rings (SSSR count). The molecule has 126 valence electrons. The molecule has 0 aliphatic carbocycles. The third-order valence-corrected chi connectivity index (χ3v) is 4.42. The number of methoxy groups -OCH3 is 1. The molecule has 1 N–H and O–H groups in total. The van der Waals surface area contributed by atoms with E-state index >= 15 is 0 Å². The molecule has 5 nitrogen and oxygen atoms in total. The fraction of sp³-hybridized carbons (Fsp3) is 0.176. The van der Waals surface area contributed by atoms with Crippen molar-refractivity contribution in [1.82, 2.24) is 5.43 Å². The molecule has 7 heteroatoms. The summed E-state index contributed by atoms with van der Waals surface area (Å²) in [5.74, 6) is 1.04. The van der Waals surface area contributed by atoms with Gasteiger partial charge in [-0.05, 0) is 65.4 Å². The van der Waals surface area contributed by atoms with Crippen LogP contribution in [0.1, 0.15) is 12.5 Å². The Kier molecular flexibility index (Phi) is 7.04. The van der Waals surface area contributed by atoms with Crippen LogP contribution in [0, 0.1) is 3.57 Å². The third kappa shape index (κ3) is 5.48. The maximum absolute atomic E-state index is 11.9. The van der Waals surface area contributed by atoms with Crippen LogP contribution in [-0.4, -0.2) is 25.3 Å². The quantitative estimate of drug-likeness (QED) is 0.369. The molecule has 0 aromatic heterocycles. The summed E-state index contributed by atoms with van der Waals surface area (Å²) in [6.45, 7) is 1.72. The van der Waals surface area contributed by atoms with Gasteiger partial charge in [-0.3, -0.25) is 4.79 Å². The van der Waals surface area contributed by atoms with E-state index in [-0.39, 0.29) is 12.5 Å². The van der Waals surface area contributed by atoms with E-state index in [1.54, 1.807) is 19.2 Å². The van der Waals surface area contributed by atoms with Gasteiger partial charge < -0.3 is 9.47 Å². The van der Waals surface area contributed by atoms with Gasteiger partial charge in [0.1, 0.15) is 11.5 Å². The maximum atomic E-state index is 11.9. The number of nitrogens with zero attached hydrogens (tertiary/aromatic N) is 1. The van der Waals surface area contributed by atoms with E-state index in [4.69, 9.17) is 9.47 Å². The van der Waals surface area contributed by atoms with Crippen LogP contribution < -0.4 is 14.9 Å². The SMILES string of the molecule is COc1ccc(OCC(=O)N/N=C(/C)c2cccc(Br)c2)c(I)c1. The first-order chi connectivity index (χ1) is 11.5. The lowest BCUT2D eigenvalue weighted by Crippen LogP contribution is -2.25. The molecule has 0 heterocycles. The van der Waals surface area contributed by atoms with E-state index in [0.717, 1.165) is 19.4 Å². The molecule has 0 saturated carbocycles. The Morgan fingerprint density at radius 1 is 1.29 bits per heavy atom. The van der Waals surface area contributed by atoms with Crippen LogP contribution in [0.3, 0.4) is 0 Å². The summed E-state index contributed by atoms with van der Waals surface area (Å²) in [5.41, 5.74) is 4.13. The van der Waals surface area contributed by atoms with Crippen molar-refractivity contribution in [2.75, 3.05) is 13.7 Å². The molecule has 2 aromatic rings. The molecule has 0 fully saturated rings. The first-order valence-electron chi connectivity index (χ1n) is 7.05. The molecule has 0 unspecified atom stereocenters. The van der Waals surface area contributed by atoms with Crippen molar-refractivity contribution in [2.45, 2.75) is 6.92 Å². The van der Waals surface area contributed by atoms with Crippen LogP contribution >= 0.6 is 38.5 Å². The zero-order valence-corrected chi connectivity index (χ0v) is 16.9. The number of amides is 1. The van der Waals surface area contributed by atoms with E-state index in [1.165, 1.54) is 0 Å². The molecule has 0 saturated heterocycles. The monoisotopic (exact) mass is 502 g/mol. The van der Waals surface area contributed by atoms with Gasteiger partial charge in [-0.2, -0.15) is 5.10 Å². The van der Waals surface area contributed by atoms with Gasteiger partial charge in [-0.15, -0.1) is 0 Å². The van der Waals surface area contributed by atoms with Crippen molar-refractivity contribution >= 4 is 50.1 Å². The Morgan fingerprint density at radius 2 is 2.08 bits per heavy atom. The van der Waals surface area contributed by atoms with Gasteiger partial charge in [0.05, 0.1) is 16.4 Å². The minimum atomic E-state index is -0.323. The molecule has 1 amide bonds. The fourth-order valence-electron chi connectivity index (χ4n) is 1.83. The lowest BCUT2D eigenvalue weighted by Gasteiger charge is -2.09. The molecule has 0 atom stereocenters. The number of carbonyl (C=O) groups excluding carboxylic acids is 1. The van der Waals surface area contributed by atoms with Gasteiger partial charge >= 0.3 is 0 Å². The van der Waals surface area contributed by atoms with Gasteiger partial charge in [0.25, 0.3) is 5.91 Å². The van der Waals surface area contributed by atoms with Gasteiger partial charge in [0, 0.05) is 4.47 Å². The van der Waals surface area contributed by atoms with E-state index in [9.17, 15) is 4.79 Å². The van der Waals surface area contributed by atoms with Gasteiger partial charge in [-0.25, -0.2) is 5.43 Å². The molecule has 24 heavy (non-hydrogen) atoms. The lowest BCUT2D eigenvalue weighted by molar-refractivity contribution is -0.123. The van der Waals surface area contributed by atoms with Crippen molar-refractivity contribution in [1.29, 1.82) is 0 Å². The predicted octanol–water partition coefficient (Wildman–Crippen LogP) is 3.98. The molecule has 0 aliphatic rings. The van der Waals surface area contributed by atoms with E-state index in [1.807, 2.05) is 37.3 Å². The average Bonchev–Trinajstić information content (AvgIpc) is 2.58. The zero-order chi connectivity index (χ0) is 17.5. The van der Waals surface area contributed by atoms with Crippen molar-refractivity contribution in [3.05, 3.63) is 56.1 Å². The molecule has 0 bridgehead atoms. The molecule has 0 radical (unpaired) electrons. The van der Waals surface area contributed by atoms with Crippen LogP contribution in [0.15, 0.2) is 52.0 Å². The summed E-state index contributed by atoms with van der Waals surface area (Å²) >= 11 is 5.54. The molecule has 0 spiro atoms. The smallest absolute Gasteiger partial charge is 0.277 e. The lowest BCUT2D eigenvalue weighted by atomic mass is 10.1. The maximum Gasteiger partial charge on any atom is 0.277 e. The first kappa shape index (κ1) is 18.7. The second-order valence-electron chi connectivity index (χ2n) is 4.83. The predicted molar refractivity (Wildman–Crippen MR) is 106 cm³/mol. The first-order valence-corrected chi connectivity index (χ1v) is 8.92. The number of benzene rings is 2. The number of hydrogen-bond donors (Lipinski definition) is 1. The Bertz CT molecular complexity index is 765. The Hall–Kier alpha value is -1.61. The summed E-state index contributed by atoms with van der Waals surface area (Å²) in [6.07, 6.45) is 0.